The number of benzene rings is 1. The fourth-order valence-electron chi connectivity index (χ4n) is 1.09. The summed E-state index contributed by atoms with van der Waals surface area (Å²) >= 11 is 0. The lowest BCUT2D eigenvalue weighted by Crippen LogP contribution is -2.05. The Morgan fingerprint density at radius 2 is 1.85 bits per heavy atom. The molecule has 0 saturated heterocycles. The number of hydrogen-bond acceptors (Lipinski definition) is 2. The summed E-state index contributed by atoms with van der Waals surface area (Å²) in [6, 6.07) is 2.47. The van der Waals surface area contributed by atoms with Gasteiger partial charge in [0, 0.05) is 13.1 Å². The molecular formula is C9H12F2N2. The van der Waals surface area contributed by atoms with Gasteiger partial charge in [-0.15, -0.1) is 0 Å². The summed E-state index contributed by atoms with van der Waals surface area (Å²) in [5, 5.41) is 2.60. The maximum atomic E-state index is 13.1. The van der Waals surface area contributed by atoms with Crippen molar-refractivity contribution in [1.29, 1.82) is 0 Å². The van der Waals surface area contributed by atoms with E-state index in [-0.39, 0.29) is 12.2 Å². The first-order chi connectivity index (χ1) is 6.19. The van der Waals surface area contributed by atoms with Crippen molar-refractivity contribution < 1.29 is 8.78 Å². The predicted octanol–water partition coefficient (Wildman–Crippen LogP) is 1.86. The third kappa shape index (κ3) is 2.15. The molecule has 0 aromatic heterocycles. The van der Waals surface area contributed by atoms with E-state index in [0.717, 1.165) is 0 Å². The van der Waals surface area contributed by atoms with Crippen molar-refractivity contribution in [3.63, 3.8) is 0 Å². The Hall–Kier alpha value is -1.16. The van der Waals surface area contributed by atoms with Crippen LogP contribution in [-0.4, -0.2) is 6.54 Å². The first-order valence-electron chi connectivity index (χ1n) is 4.11. The van der Waals surface area contributed by atoms with Crippen LogP contribution < -0.4 is 11.1 Å². The first-order valence-corrected chi connectivity index (χ1v) is 4.11. The predicted molar refractivity (Wildman–Crippen MR) is 48.4 cm³/mol. The van der Waals surface area contributed by atoms with E-state index in [9.17, 15) is 8.78 Å². The minimum atomic E-state index is -0.595. The largest absolute Gasteiger partial charge is 0.381 e. The molecule has 13 heavy (non-hydrogen) atoms. The van der Waals surface area contributed by atoms with Crippen molar-refractivity contribution in [2.24, 2.45) is 5.73 Å². The molecule has 72 valence electrons. The maximum absolute atomic E-state index is 13.1. The Balaban J connectivity index is 3.07. The van der Waals surface area contributed by atoms with E-state index in [2.05, 4.69) is 5.32 Å². The smallest absolute Gasteiger partial charge is 0.149 e. The van der Waals surface area contributed by atoms with E-state index in [1.54, 1.807) is 6.92 Å². The SMILES string of the molecule is CCNc1c(F)cc(CN)cc1F. The number of halogens is 2. The van der Waals surface area contributed by atoms with Crippen LogP contribution in [0, 0.1) is 11.6 Å². The van der Waals surface area contributed by atoms with Gasteiger partial charge in [0.2, 0.25) is 0 Å². The Morgan fingerprint density at radius 1 is 1.31 bits per heavy atom. The summed E-state index contributed by atoms with van der Waals surface area (Å²) < 4.78 is 26.3. The molecule has 0 aliphatic rings. The molecule has 0 unspecified atom stereocenters. The molecule has 1 aromatic rings. The molecule has 1 aromatic carbocycles. The number of nitrogens with one attached hydrogen (secondary N) is 1. The molecule has 0 bridgehead atoms. The van der Waals surface area contributed by atoms with Crippen LogP contribution in [0.1, 0.15) is 12.5 Å². The molecule has 0 heterocycles. The maximum Gasteiger partial charge on any atom is 0.149 e. The Labute approximate surface area is 75.7 Å². The van der Waals surface area contributed by atoms with Crippen LogP contribution in [0.25, 0.3) is 0 Å². The molecule has 0 radical (unpaired) electrons. The summed E-state index contributed by atoms with van der Waals surface area (Å²) in [7, 11) is 0. The van der Waals surface area contributed by atoms with Crippen LogP contribution >= 0.6 is 0 Å². The molecule has 0 amide bonds. The molecular weight excluding hydrogens is 174 g/mol. The standard InChI is InChI=1S/C9H12F2N2/c1-2-13-9-7(10)3-6(5-12)4-8(9)11/h3-4,13H,2,5,12H2,1H3. The van der Waals surface area contributed by atoms with Crippen LogP contribution in [0.5, 0.6) is 0 Å². The molecule has 1 rings (SSSR count). The fourth-order valence-corrected chi connectivity index (χ4v) is 1.09. The number of anilines is 1. The second-order valence-electron chi connectivity index (χ2n) is 2.67. The van der Waals surface area contributed by atoms with E-state index in [1.807, 2.05) is 0 Å². The minimum absolute atomic E-state index is 0.0836. The topological polar surface area (TPSA) is 38.0 Å². The molecule has 0 aliphatic heterocycles. The quantitative estimate of drug-likeness (QED) is 0.756. The van der Waals surface area contributed by atoms with Gasteiger partial charge in [-0.1, -0.05) is 0 Å². The van der Waals surface area contributed by atoms with Crippen LogP contribution in [0.2, 0.25) is 0 Å². The van der Waals surface area contributed by atoms with Gasteiger partial charge in [0.05, 0.1) is 0 Å². The number of rotatable bonds is 3. The van der Waals surface area contributed by atoms with Gasteiger partial charge in [-0.05, 0) is 24.6 Å². The molecule has 0 spiro atoms. The lowest BCUT2D eigenvalue weighted by molar-refractivity contribution is 0.585. The highest BCUT2D eigenvalue weighted by Gasteiger charge is 2.08. The zero-order valence-corrected chi connectivity index (χ0v) is 7.40. The van der Waals surface area contributed by atoms with Crippen molar-refractivity contribution in [3.05, 3.63) is 29.3 Å². The zero-order valence-electron chi connectivity index (χ0n) is 7.40. The van der Waals surface area contributed by atoms with Crippen molar-refractivity contribution in [3.8, 4) is 0 Å². The average Bonchev–Trinajstić information content (AvgIpc) is 2.11. The minimum Gasteiger partial charge on any atom is -0.381 e. The molecule has 4 heteroatoms. The van der Waals surface area contributed by atoms with Crippen molar-refractivity contribution in [1.82, 2.24) is 0 Å². The first kappa shape index (κ1) is 9.92. The van der Waals surface area contributed by atoms with Gasteiger partial charge in [-0.2, -0.15) is 0 Å². The van der Waals surface area contributed by atoms with Gasteiger partial charge >= 0.3 is 0 Å². The third-order valence-corrected chi connectivity index (χ3v) is 1.69. The van der Waals surface area contributed by atoms with Crippen molar-refractivity contribution in [2.75, 3.05) is 11.9 Å². The molecule has 0 fully saturated rings. The summed E-state index contributed by atoms with van der Waals surface area (Å²) in [4.78, 5) is 0. The third-order valence-electron chi connectivity index (χ3n) is 1.69. The molecule has 0 aliphatic carbocycles. The van der Waals surface area contributed by atoms with Crippen LogP contribution in [0.15, 0.2) is 12.1 Å². The Morgan fingerprint density at radius 3 is 2.23 bits per heavy atom. The lowest BCUT2D eigenvalue weighted by atomic mass is 10.2. The van der Waals surface area contributed by atoms with E-state index < -0.39 is 11.6 Å². The highest BCUT2D eigenvalue weighted by Crippen LogP contribution is 2.20. The van der Waals surface area contributed by atoms with Crippen LogP contribution in [-0.2, 0) is 6.54 Å². The van der Waals surface area contributed by atoms with E-state index in [0.29, 0.717) is 12.1 Å². The summed E-state index contributed by atoms with van der Waals surface area (Å²) in [5.74, 6) is -1.19. The lowest BCUT2D eigenvalue weighted by Gasteiger charge is -2.07. The highest BCUT2D eigenvalue weighted by atomic mass is 19.1. The summed E-state index contributed by atoms with van der Waals surface area (Å²) in [5.41, 5.74) is 5.63. The zero-order chi connectivity index (χ0) is 9.84. The van der Waals surface area contributed by atoms with E-state index in [4.69, 9.17) is 5.73 Å². The molecule has 3 N–H and O–H groups in total. The Kier molecular flexibility index (Phi) is 3.19. The van der Waals surface area contributed by atoms with E-state index >= 15 is 0 Å². The van der Waals surface area contributed by atoms with Crippen molar-refractivity contribution >= 4 is 5.69 Å². The second kappa shape index (κ2) is 4.18. The molecule has 0 atom stereocenters. The van der Waals surface area contributed by atoms with Gasteiger partial charge in [0.1, 0.15) is 17.3 Å². The van der Waals surface area contributed by atoms with Crippen LogP contribution in [0.4, 0.5) is 14.5 Å². The molecule has 2 nitrogen and oxygen atoms in total. The number of nitrogens with two attached hydrogens (primary N) is 1. The van der Waals surface area contributed by atoms with Gasteiger partial charge < -0.3 is 11.1 Å². The van der Waals surface area contributed by atoms with E-state index in [1.165, 1.54) is 12.1 Å². The van der Waals surface area contributed by atoms with Gasteiger partial charge in [-0.25, -0.2) is 8.78 Å². The summed E-state index contributed by atoms with van der Waals surface area (Å²) in [6.45, 7) is 2.39. The monoisotopic (exact) mass is 186 g/mol. The Bertz CT molecular complexity index is 277. The van der Waals surface area contributed by atoms with Crippen LogP contribution in [0.3, 0.4) is 0 Å². The number of hydrogen-bond donors (Lipinski definition) is 2. The second-order valence-corrected chi connectivity index (χ2v) is 2.67. The highest BCUT2D eigenvalue weighted by molar-refractivity contribution is 5.47. The summed E-state index contributed by atoms with van der Waals surface area (Å²) in [6.07, 6.45) is 0. The molecule has 0 saturated carbocycles. The normalized spacial score (nSPS) is 10.2. The van der Waals surface area contributed by atoms with Gasteiger partial charge in [-0.3, -0.25) is 0 Å². The van der Waals surface area contributed by atoms with Gasteiger partial charge in [0.15, 0.2) is 0 Å². The van der Waals surface area contributed by atoms with Crippen molar-refractivity contribution in [2.45, 2.75) is 13.5 Å². The fraction of sp³-hybridized carbons (Fsp3) is 0.333. The van der Waals surface area contributed by atoms with Gasteiger partial charge in [0.25, 0.3) is 0 Å². The average molecular weight is 186 g/mol.